The van der Waals surface area contributed by atoms with E-state index in [-0.39, 0.29) is 45.1 Å². The number of nitrogens with zero attached hydrogens (tertiary/aromatic N) is 7. The van der Waals surface area contributed by atoms with Crippen LogP contribution in [0.3, 0.4) is 0 Å². The topological polar surface area (TPSA) is 200 Å². The summed E-state index contributed by atoms with van der Waals surface area (Å²) < 4.78 is 198. The van der Waals surface area contributed by atoms with Crippen molar-refractivity contribution in [2.75, 3.05) is 56.4 Å². The highest BCUT2D eigenvalue weighted by Crippen LogP contribution is 2.68. The van der Waals surface area contributed by atoms with Gasteiger partial charge in [0.05, 0.1) is 27.7 Å². The summed E-state index contributed by atoms with van der Waals surface area (Å²) in [6.07, 6.45) is -10.3. The average molecular weight is 1120 g/mol. The van der Waals surface area contributed by atoms with Gasteiger partial charge in [-0.1, -0.05) is 23.6 Å². The highest BCUT2D eigenvalue weighted by atomic mass is 35.5. The minimum Gasteiger partial charge on any atom is -0.755 e. The van der Waals surface area contributed by atoms with Crippen molar-refractivity contribution in [3.05, 3.63) is 93.0 Å². The lowest BCUT2D eigenvalue weighted by Gasteiger charge is -2.27. The molecule has 1 saturated heterocycles. The van der Waals surface area contributed by atoms with Crippen LogP contribution < -0.4 is 20.3 Å². The van der Waals surface area contributed by atoms with Crippen molar-refractivity contribution in [3.8, 4) is 23.0 Å². The molecule has 16 nitrogen and oxygen atoms in total. The SMILES string of the molecule is CC(C)(C#Cc1ccc(-c2ccc(Cl)c3c(N(CC(=O)NCCN4CCNCC4)S(=O)[O-])nn(CC(F)(F)F)c23)c(C(Cc2cc(F)cc(F)c2)NC(=O)Cn2nc(C(F)(F)F)c3c2C(F)(F)[C@@H]2C[C@H]32)n1)S(C)(=O)=O. The summed E-state index contributed by atoms with van der Waals surface area (Å²) in [5.41, 5.74) is -5.56. The molecular weight excluding hydrogens is 1080 g/mol. The Kier molecular flexibility index (Phi) is 15.2. The van der Waals surface area contributed by atoms with Gasteiger partial charge in [-0.25, -0.2) is 22.2 Å². The molecule has 404 valence electrons. The van der Waals surface area contributed by atoms with E-state index in [4.69, 9.17) is 11.6 Å². The number of piperazine rings is 1. The maximum Gasteiger partial charge on any atom is 0.435 e. The zero-order valence-corrected chi connectivity index (χ0v) is 42.0. The summed E-state index contributed by atoms with van der Waals surface area (Å²) in [4.78, 5) is 34.0. The number of halogens is 11. The zero-order chi connectivity index (χ0) is 54.7. The van der Waals surface area contributed by atoms with Crippen LogP contribution >= 0.6 is 11.6 Å². The van der Waals surface area contributed by atoms with Crippen LogP contribution in [0.5, 0.6) is 0 Å². The minimum absolute atomic E-state index is 0.0698. The standard InChI is InChI=1S/C46H45ClF10N10O6S2/c1-43(2,75(3,72)73)9-8-27-4-5-28(29-6-7-32(47)37-39(29)66(23-44(50,51)52)63-42(37)67(74(70)71)22-34(68)59-12-15-64-13-10-58-11-14-64)38(60-27)33(18-24-16-25(48)19-26(49)17-24)61-35(69)21-65-41-36(40(62-65)46(55,56)57)30-20-31(30)45(41,53)54/h4-7,16-17,19,30-31,33,58H,10-15,18,20-23H2,1-3H3,(H,59,68)(H,61,69)(H,70,71)/p-1/t30-,31+,33?/m0/s1. The second kappa shape index (κ2) is 20.6. The number of amides is 2. The quantitative estimate of drug-likeness (QED) is 0.0603. The fraction of sp³-hybridized carbons (Fsp3) is 0.457. The molecule has 3 aromatic heterocycles. The van der Waals surface area contributed by atoms with Gasteiger partial charge in [0, 0.05) is 85.5 Å². The van der Waals surface area contributed by atoms with Crippen molar-refractivity contribution in [1.29, 1.82) is 0 Å². The predicted molar refractivity (Wildman–Crippen MR) is 251 cm³/mol. The number of sulfone groups is 1. The van der Waals surface area contributed by atoms with Crippen molar-refractivity contribution < 1.29 is 70.7 Å². The Labute approximate surface area is 428 Å². The minimum atomic E-state index is -5.21. The van der Waals surface area contributed by atoms with E-state index in [2.05, 4.69) is 43.0 Å². The maximum absolute atomic E-state index is 15.6. The first kappa shape index (κ1) is 55.4. The number of alkyl halides is 8. The smallest absolute Gasteiger partial charge is 0.435 e. The third kappa shape index (κ3) is 11.9. The molecule has 4 atom stereocenters. The number of rotatable bonds is 16. The fourth-order valence-corrected chi connectivity index (χ4v) is 10.1. The third-order valence-electron chi connectivity index (χ3n) is 13.0. The number of carbonyl (C=O) groups excluding carboxylic acids is 2. The maximum atomic E-state index is 15.6. The molecule has 29 heteroatoms. The van der Waals surface area contributed by atoms with E-state index in [0.717, 1.165) is 30.5 Å². The molecule has 3 aliphatic rings. The van der Waals surface area contributed by atoms with E-state index >= 15 is 8.78 Å². The molecule has 1 aliphatic heterocycles. The first-order chi connectivity index (χ1) is 34.9. The summed E-state index contributed by atoms with van der Waals surface area (Å²) in [7, 11) is -3.89. The molecule has 5 aromatic rings. The highest BCUT2D eigenvalue weighted by molar-refractivity contribution is 7.92. The Bertz CT molecular complexity index is 3260. The number of aromatic nitrogens is 5. The van der Waals surface area contributed by atoms with Gasteiger partial charge in [-0.15, -0.1) is 0 Å². The second-order valence-electron chi connectivity index (χ2n) is 18.7. The van der Waals surface area contributed by atoms with Gasteiger partial charge >= 0.3 is 12.4 Å². The summed E-state index contributed by atoms with van der Waals surface area (Å²) in [5, 5.41) is 14.8. The number of anilines is 1. The van der Waals surface area contributed by atoms with Gasteiger partial charge in [-0.3, -0.25) is 32.4 Å². The normalized spacial score (nSPS) is 18.4. The van der Waals surface area contributed by atoms with Gasteiger partial charge in [0.2, 0.25) is 11.8 Å². The Balaban J connectivity index is 1.29. The van der Waals surface area contributed by atoms with Crippen molar-refractivity contribution in [1.82, 2.24) is 45.4 Å². The molecule has 0 bridgehead atoms. The molecule has 4 heterocycles. The van der Waals surface area contributed by atoms with E-state index < -0.39 is 151 Å². The number of hydrogen-bond donors (Lipinski definition) is 3. The van der Waals surface area contributed by atoms with Crippen LogP contribution in [0.15, 0.2) is 42.5 Å². The largest absolute Gasteiger partial charge is 0.755 e. The average Bonchev–Trinajstić information content (AvgIpc) is 3.81. The molecule has 2 aliphatic carbocycles. The molecule has 2 fully saturated rings. The number of pyridine rings is 1. The monoisotopic (exact) mass is 1120 g/mol. The lowest BCUT2D eigenvalue weighted by atomic mass is 9.93. The molecule has 0 radical (unpaired) electrons. The van der Waals surface area contributed by atoms with E-state index in [9.17, 15) is 61.9 Å². The lowest BCUT2D eigenvalue weighted by Crippen LogP contribution is -2.47. The predicted octanol–water partition coefficient (Wildman–Crippen LogP) is 5.91. The summed E-state index contributed by atoms with van der Waals surface area (Å²) in [5.74, 6) is -6.55. The molecular formula is C46H44ClF10N10O6S2-. The van der Waals surface area contributed by atoms with Crippen molar-refractivity contribution in [2.45, 2.75) is 74.8 Å². The first-order valence-electron chi connectivity index (χ1n) is 22.8. The van der Waals surface area contributed by atoms with Crippen LogP contribution in [0.2, 0.25) is 5.02 Å². The van der Waals surface area contributed by atoms with Crippen LogP contribution in [0, 0.1) is 29.4 Å². The van der Waals surface area contributed by atoms with Crippen LogP contribution in [-0.4, -0.2) is 121 Å². The summed E-state index contributed by atoms with van der Waals surface area (Å²) >= 11 is 3.27. The molecule has 2 amide bonds. The molecule has 2 aromatic carbocycles. The molecule has 1 saturated carbocycles. The Morgan fingerprint density at radius 2 is 1.67 bits per heavy atom. The number of carbonyl (C=O) groups is 2. The van der Waals surface area contributed by atoms with E-state index in [0.29, 0.717) is 47.8 Å². The van der Waals surface area contributed by atoms with Gasteiger partial charge in [0.25, 0.3) is 5.92 Å². The lowest BCUT2D eigenvalue weighted by molar-refractivity contribution is -0.143. The van der Waals surface area contributed by atoms with Crippen molar-refractivity contribution in [3.63, 3.8) is 0 Å². The number of benzene rings is 2. The Morgan fingerprint density at radius 1 is 1.00 bits per heavy atom. The molecule has 8 rings (SSSR count). The Morgan fingerprint density at radius 3 is 2.29 bits per heavy atom. The molecule has 0 spiro atoms. The molecule has 75 heavy (non-hydrogen) atoms. The van der Waals surface area contributed by atoms with E-state index in [1.165, 1.54) is 26.0 Å². The second-order valence-corrected chi connectivity index (χ2v) is 22.6. The summed E-state index contributed by atoms with van der Waals surface area (Å²) in [6.45, 7) is 1.51. The first-order valence-corrected chi connectivity index (χ1v) is 26.1. The van der Waals surface area contributed by atoms with Gasteiger partial charge < -0.3 is 20.5 Å². The van der Waals surface area contributed by atoms with Crippen LogP contribution in [-0.2, 0) is 62.3 Å². The van der Waals surface area contributed by atoms with E-state index in [1.54, 1.807) is 0 Å². The van der Waals surface area contributed by atoms with Crippen LogP contribution in [0.4, 0.5) is 49.7 Å². The van der Waals surface area contributed by atoms with Gasteiger partial charge in [-0.05, 0) is 74.4 Å². The highest BCUT2D eigenvalue weighted by Gasteiger charge is 2.68. The number of hydrogen-bond acceptors (Lipinski definition) is 11. The zero-order valence-electron chi connectivity index (χ0n) is 39.6. The van der Waals surface area contributed by atoms with Gasteiger partial charge in [0.1, 0.15) is 47.4 Å². The Hall–Kier alpha value is -5.86. The van der Waals surface area contributed by atoms with Crippen LogP contribution in [0.1, 0.15) is 66.1 Å². The molecule has 2 unspecified atom stereocenters. The van der Waals surface area contributed by atoms with Crippen molar-refractivity contribution in [2.24, 2.45) is 5.92 Å². The van der Waals surface area contributed by atoms with Crippen molar-refractivity contribution >= 4 is 61.2 Å². The molecule has 3 N–H and O–H groups in total. The van der Waals surface area contributed by atoms with E-state index in [1.807, 2.05) is 4.90 Å². The third-order valence-corrected chi connectivity index (χ3v) is 15.9. The van der Waals surface area contributed by atoms with Gasteiger partial charge in [0.15, 0.2) is 21.3 Å². The summed E-state index contributed by atoms with van der Waals surface area (Å²) in [6, 6.07) is 5.04. The fourth-order valence-electron chi connectivity index (χ4n) is 9.11. The van der Waals surface area contributed by atoms with Crippen LogP contribution in [0.25, 0.3) is 22.0 Å². The number of nitrogens with one attached hydrogen (secondary N) is 3. The number of fused-ring (bicyclic) bond motifs is 4. The van der Waals surface area contributed by atoms with Gasteiger partial charge in [-0.2, -0.15) is 45.3 Å².